The average Bonchev–Trinajstić information content (AvgIpc) is 2.37. The van der Waals surface area contributed by atoms with Crippen LogP contribution >= 0.6 is 0 Å². The molecule has 1 aliphatic heterocycles. The Morgan fingerprint density at radius 3 is 2.82 bits per heavy atom. The van der Waals surface area contributed by atoms with Crippen LogP contribution in [0.4, 0.5) is 0 Å². The molecule has 1 N–H and O–H groups in total. The monoisotopic (exact) mass is 233 g/mol. The third kappa shape index (κ3) is 2.81. The van der Waals surface area contributed by atoms with Crippen molar-refractivity contribution in [2.75, 3.05) is 20.2 Å². The number of hydrogen-bond acceptors (Lipinski definition) is 2. The molecule has 2 heteroatoms. The van der Waals surface area contributed by atoms with Crippen molar-refractivity contribution in [1.82, 2.24) is 5.32 Å². The van der Waals surface area contributed by atoms with E-state index in [1.54, 1.807) is 7.11 Å². The zero-order chi connectivity index (χ0) is 12.3. The molecule has 0 aromatic heterocycles. The second-order valence-electron chi connectivity index (χ2n) is 5.10. The number of ether oxygens (including phenoxy) is 1. The van der Waals surface area contributed by atoms with E-state index in [4.69, 9.17) is 4.74 Å². The highest BCUT2D eigenvalue weighted by Crippen LogP contribution is 2.28. The molecule has 1 aromatic rings. The van der Waals surface area contributed by atoms with Gasteiger partial charge in [0, 0.05) is 0 Å². The van der Waals surface area contributed by atoms with Gasteiger partial charge in [0.1, 0.15) is 5.75 Å². The molecule has 1 heterocycles. The molecular formula is C15H23NO. The standard InChI is InChI=1S/C15H23NO/c1-11-6-7-15(17-3)14(12(11)2)9-13-5-4-8-16-10-13/h6-7,13,16H,4-5,8-10H2,1-3H3. The highest BCUT2D eigenvalue weighted by atomic mass is 16.5. The summed E-state index contributed by atoms with van der Waals surface area (Å²) in [6, 6.07) is 4.25. The van der Waals surface area contributed by atoms with E-state index in [0.29, 0.717) is 0 Å². The van der Waals surface area contributed by atoms with Crippen LogP contribution in [-0.2, 0) is 6.42 Å². The Hall–Kier alpha value is -1.02. The third-order valence-electron chi connectivity index (χ3n) is 3.94. The molecule has 0 bridgehead atoms. The summed E-state index contributed by atoms with van der Waals surface area (Å²) in [5.41, 5.74) is 4.17. The van der Waals surface area contributed by atoms with E-state index in [1.807, 2.05) is 0 Å². The van der Waals surface area contributed by atoms with Crippen LogP contribution in [0.25, 0.3) is 0 Å². The van der Waals surface area contributed by atoms with Crippen molar-refractivity contribution in [3.05, 3.63) is 28.8 Å². The molecule has 0 spiro atoms. The van der Waals surface area contributed by atoms with E-state index in [2.05, 4.69) is 31.3 Å². The summed E-state index contributed by atoms with van der Waals surface area (Å²) in [5.74, 6) is 1.82. The van der Waals surface area contributed by atoms with Crippen molar-refractivity contribution >= 4 is 0 Å². The number of methoxy groups -OCH3 is 1. The maximum absolute atomic E-state index is 5.50. The maximum atomic E-state index is 5.50. The van der Waals surface area contributed by atoms with E-state index in [-0.39, 0.29) is 0 Å². The number of hydrogen-bond donors (Lipinski definition) is 1. The van der Waals surface area contributed by atoms with Gasteiger partial charge in [0.25, 0.3) is 0 Å². The fourth-order valence-electron chi connectivity index (χ4n) is 2.68. The fourth-order valence-corrected chi connectivity index (χ4v) is 2.68. The van der Waals surface area contributed by atoms with E-state index in [9.17, 15) is 0 Å². The summed E-state index contributed by atoms with van der Waals surface area (Å²) < 4.78 is 5.50. The van der Waals surface area contributed by atoms with Gasteiger partial charge >= 0.3 is 0 Å². The quantitative estimate of drug-likeness (QED) is 0.867. The minimum absolute atomic E-state index is 0.762. The largest absolute Gasteiger partial charge is 0.496 e. The maximum Gasteiger partial charge on any atom is 0.122 e. The number of piperidine rings is 1. The van der Waals surface area contributed by atoms with Gasteiger partial charge in [0.15, 0.2) is 0 Å². The molecule has 1 unspecified atom stereocenters. The highest BCUT2D eigenvalue weighted by molar-refractivity contribution is 5.44. The summed E-state index contributed by atoms with van der Waals surface area (Å²) in [7, 11) is 1.77. The molecule has 1 aromatic carbocycles. The Bertz CT molecular complexity index is 381. The molecule has 0 amide bonds. The van der Waals surface area contributed by atoms with Gasteiger partial charge in [-0.05, 0) is 74.9 Å². The predicted molar refractivity (Wildman–Crippen MR) is 71.8 cm³/mol. The van der Waals surface area contributed by atoms with Gasteiger partial charge in [-0.25, -0.2) is 0 Å². The lowest BCUT2D eigenvalue weighted by molar-refractivity contribution is 0.363. The molecule has 0 saturated carbocycles. The molecule has 1 aliphatic rings. The van der Waals surface area contributed by atoms with Crippen molar-refractivity contribution < 1.29 is 4.74 Å². The van der Waals surface area contributed by atoms with Crippen LogP contribution in [0, 0.1) is 19.8 Å². The van der Waals surface area contributed by atoms with Crippen LogP contribution in [0.1, 0.15) is 29.5 Å². The zero-order valence-electron chi connectivity index (χ0n) is 11.2. The van der Waals surface area contributed by atoms with Gasteiger partial charge in [0.2, 0.25) is 0 Å². The normalized spacial score (nSPS) is 20.3. The first-order valence-electron chi connectivity index (χ1n) is 6.56. The van der Waals surface area contributed by atoms with Crippen molar-refractivity contribution in [1.29, 1.82) is 0 Å². The van der Waals surface area contributed by atoms with E-state index < -0.39 is 0 Å². The number of rotatable bonds is 3. The van der Waals surface area contributed by atoms with Gasteiger partial charge in [-0.2, -0.15) is 0 Å². The lowest BCUT2D eigenvalue weighted by Gasteiger charge is -2.24. The molecule has 2 nitrogen and oxygen atoms in total. The topological polar surface area (TPSA) is 21.3 Å². The summed E-state index contributed by atoms with van der Waals surface area (Å²) >= 11 is 0. The van der Waals surface area contributed by atoms with Crippen LogP contribution in [0.15, 0.2) is 12.1 Å². The van der Waals surface area contributed by atoms with E-state index in [0.717, 1.165) is 24.6 Å². The minimum Gasteiger partial charge on any atom is -0.496 e. The number of benzene rings is 1. The van der Waals surface area contributed by atoms with Crippen molar-refractivity contribution in [3.63, 3.8) is 0 Å². The summed E-state index contributed by atoms with van der Waals surface area (Å²) in [6.45, 7) is 6.72. The Morgan fingerprint density at radius 2 is 2.18 bits per heavy atom. The first-order chi connectivity index (χ1) is 8.22. The van der Waals surface area contributed by atoms with Gasteiger partial charge < -0.3 is 10.1 Å². The SMILES string of the molecule is COc1ccc(C)c(C)c1CC1CCCNC1. The van der Waals surface area contributed by atoms with Crippen molar-refractivity contribution in [2.45, 2.75) is 33.1 Å². The van der Waals surface area contributed by atoms with Crippen LogP contribution in [0.3, 0.4) is 0 Å². The smallest absolute Gasteiger partial charge is 0.122 e. The van der Waals surface area contributed by atoms with Crippen molar-refractivity contribution in [2.24, 2.45) is 5.92 Å². The predicted octanol–water partition coefficient (Wildman–Crippen LogP) is 2.85. The van der Waals surface area contributed by atoms with Crippen molar-refractivity contribution in [3.8, 4) is 5.75 Å². The Morgan fingerprint density at radius 1 is 1.35 bits per heavy atom. The Labute approximate surface area is 104 Å². The molecule has 0 radical (unpaired) electrons. The molecule has 1 fully saturated rings. The third-order valence-corrected chi connectivity index (χ3v) is 3.94. The summed E-state index contributed by atoms with van der Waals surface area (Å²) in [4.78, 5) is 0. The molecule has 1 saturated heterocycles. The van der Waals surface area contributed by atoms with Crippen LogP contribution < -0.4 is 10.1 Å². The lowest BCUT2D eigenvalue weighted by Crippen LogP contribution is -2.31. The minimum atomic E-state index is 0.762. The second-order valence-corrected chi connectivity index (χ2v) is 5.10. The van der Waals surface area contributed by atoms with Crippen LogP contribution in [-0.4, -0.2) is 20.2 Å². The van der Waals surface area contributed by atoms with E-state index in [1.165, 1.54) is 36.1 Å². The molecular weight excluding hydrogens is 210 g/mol. The second kappa shape index (κ2) is 5.54. The average molecular weight is 233 g/mol. The molecule has 2 rings (SSSR count). The van der Waals surface area contributed by atoms with Gasteiger partial charge in [-0.1, -0.05) is 6.07 Å². The molecule has 0 aliphatic carbocycles. The first-order valence-corrected chi connectivity index (χ1v) is 6.56. The number of aryl methyl sites for hydroxylation is 1. The molecule has 17 heavy (non-hydrogen) atoms. The van der Waals surface area contributed by atoms with E-state index >= 15 is 0 Å². The first kappa shape index (κ1) is 12.4. The zero-order valence-corrected chi connectivity index (χ0v) is 11.2. The highest BCUT2D eigenvalue weighted by Gasteiger charge is 2.17. The van der Waals surface area contributed by atoms with Crippen LogP contribution in [0.5, 0.6) is 5.75 Å². The van der Waals surface area contributed by atoms with Crippen LogP contribution in [0.2, 0.25) is 0 Å². The Balaban J connectivity index is 2.20. The Kier molecular flexibility index (Phi) is 4.06. The molecule has 1 atom stereocenters. The van der Waals surface area contributed by atoms with Gasteiger partial charge in [-0.15, -0.1) is 0 Å². The lowest BCUT2D eigenvalue weighted by atomic mass is 9.89. The summed E-state index contributed by atoms with van der Waals surface area (Å²) in [5, 5.41) is 3.49. The molecule has 94 valence electrons. The fraction of sp³-hybridized carbons (Fsp3) is 0.600. The van der Waals surface area contributed by atoms with Gasteiger partial charge in [0.05, 0.1) is 7.11 Å². The van der Waals surface area contributed by atoms with Gasteiger partial charge in [-0.3, -0.25) is 0 Å². The summed E-state index contributed by atoms with van der Waals surface area (Å²) in [6.07, 6.45) is 3.78. The number of nitrogens with one attached hydrogen (secondary N) is 1.